The van der Waals surface area contributed by atoms with Crippen molar-refractivity contribution >= 4 is 6.03 Å². The van der Waals surface area contributed by atoms with Crippen molar-refractivity contribution in [2.45, 2.75) is 25.8 Å². The van der Waals surface area contributed by atoms with E-state index in [-0.39, 0.29) is 30.6 Å². The predicted molar refractivity (Wildman–Crippen MR) is 92.8 cm³/mol. The summed E-state index contributed by atoms with van der Waals surface area (Å²) >= 11 is 0. The number of methoxy groups -OCH3 is 1. The molecule has 0 aliphatic rings. The Morgan fingerprint density at radius 3 is 2.52 bits per heavy atom. The van der Waals surface area contributed by atoms with Crippen LogP contribution in [0.3, 0.4) is 0 Å². The molecule has 0 radical (unpaired) electrons. The molecular weight excluding hydrogens is 326 g/mol. The second-order valence-electron chi connectivity index (χ2n) is 5.81. The monoisotopic (exact) mass is 348 g/mol. The predicted octanol–water partition coefficient (Wildman–Crippen LogP) is 3.45. The molecule has 0 aliphatic heterocycles. The molecule has 2 aromatic carbocycles. The van der Waals surface area contributed by atoms with Gasteiger partial charge in [-0.2, -0.15) is 0 Å². The van der Waals surface area contributed by atoms with E-state index in [4.69, 9.17) is 4.74 Å². The van der Waals surface area contributed by atoms with Crippen molar-refractivity contribution in [3.05, 3.63) is 65.2 Å². The molecule has 4 nitrogen and oxygen atoms in total. The van der Waals surface area contributed by atoms with Crippen LogP contribution in [0.2, 0.25) is 0 Å². The fourth-order valence-electron chi connectivity index (χ4n) is 2.55. The smallest absolute Gasteiger partial charge is 0.315 e. The van der Waals surface area contributed by atoms with Gasteiger partial charge in [-0.3, -0.25) is 0 Å². The molecule has 2 N–H and O–H groups in total. The highest BCUT2D eigenvalue weighted by atomic mass is 19.1. The molecule has 0 spiro atoms. The first-order chi connectivity index (χ1) is 12.0. The summed E-state index contributed by atoms with van der Waals surface area (Å²) in [5.41, 5.74) is 1.02. The Balaban J connectivity index is 1.77. The summed E-state index contributed by atoms with van der Waals surface area (Å²) in [4.78, 5) is 11.9. The average molecular weight is 348 g/mol. The second-order valence-corrected chi connectivity index (χ2v) is 5.81. The Labute approximate surface area is 146 Å². The summed E-state index contributed by atoms with van der Waals surface area (Å²) in [5.74, 6) is -0.441. The lowest BCUT2D eigenvalue weighted by Crippen LogP contribution is -2.42. The van der Waals surface area contributed by atoms with Crippen LogP contribution < -0.4 is 15.4 Å². The maximum Gasteiger partial charge on any atom is 0.315 e. The first-order valence-corrected chi connectivity index (χ1v) is 8.09. The van der Waals surface area contributed by atoms with Gasteiger partial charge in [-0.15, -0.1) is 0 Å². The van der Waals surface area contributed by atoms with Crippen molar-refractivity contribution in [1.82, 2.24) is 10.6 Å². The lowest BCUT2D eigenvalue weighted by Gasteiger charge is -2.15. The van der Waals surface area contributed by atoms with Crippen LogP contribution in [-0.4, -0.2) is 25.7 Å². The van der Waals surface area contributed by atoms with Crippen LogP contribution in [0.25, 0.3) is 0 Å². The molecule has 6 heteroatoms. The van der Waals surface area contributed by atoms with E-state index < -0.39 is 11.6 Å². The number of nitrogens with one attached hydrogen (secondary N) is 2. The minimum atomic E-state index is -0.603. The molecule has 2 rings (SSSR count). The summed E-state index contributed by atoms with van der Waals surface area (Å²) in [6.45, 7) is 2.03. The molecule has 0 fully saturated rings. The molecule has 0 saturated carbocycles. The zero-order chi connectivity index (χ0) is 18.2. The number of ether oxygens (including phenoxy) is 1. The van der Waals surface area contributed by atoms with Gasteiger partial charge in [0.2, 0.25) is 0 Å². The molecule has 2 amide bonds. The Morgan fingerprint density at radius 2 is 1.84 bits per heavy atom. The van der Waals surface area contributed by atoms with Crippen molar-refractivity contribution in [2.75, 3.05) is 13.7 Å². The van der Waals surface area contributed by atoms with Crippen molar-refractivity contribution in [2.24, 2.45) is 0 Å². The number of carbonyl (C=O) groups is 1. The van der Waals surface area contributed by atoms with Crippen molar-refractivity contribution in [3.63, 3.8) is 0 Å². The molecule has 25 heavy (non-hydrogen) atoms. The molecule has 0 aliphatic carbocycles. The van der Waals surface area contributed by atoms with Gasteiger partial charge in [-0.1, -0.05) is 18.2 Å². The van der Waals surface area contributed by atoms with E-state index in [0.717, 1.165) is 11.3 Å². The van der Waals surface area contributed by atoms with E-state index in [1.165, 1.54) is 18.2 Å². The lowest BCUT2D eigenvalue weighted by atomic mass is 10.1. The largest absolute Gasteiger partial charge is 0.497 e. The van der Waals surface area contributed by atoms with Gasteiger partial charge in [0.25, 0.3) is 0 Å². The molecule has 2 aromatic rings. The van der Waals surface area contributed by atoms with Crippen LogP contribution >= 0.6 is 0 Å². The summed E-state index contributed by atoms with van der Waals surface area (Å²) in [6.07, 6.45) is 0.739. The van der Waals surface area contributed by atoms with Crippen LogP contribution in [0.15, 0.2) is 42.5 Å². The fourth-order valence-corrected chi connectivity index (χ4v) is 2.55. The van der Waals surface area contributed by atoms with Crippen molar-refractivity contribution < 1.29 is 18.3 Å². The number of benzene rings is 2. The van der Waals surface area contributed by atoms with E-state index in [1.807, 2.05) is 31.2 Å². The number of carbonyl (C=O) groups excluding carboxylic acids is 1. The summed E-state index contributed by atoms with van der Waals surface area (Å²) in [6, 6.07) is 10.9. The van der Waals surface area contributed by atoms with Crippen LogP contribution in [0.4, 0.5) is 13.6 Å². The molecule has 1 unspecified atom stereocenters. The van der Waals surface area contributed by atoms with E-state index in [0.29, 0.717) is 6.42 Å². The van der Waals surface area contributed by atoms with Crippen molar-refractivity contribution in [1.29, 1.82) is 0 Å². The van der Waals surface area contributed by atoms with Gasteiger partial charge in [0, 0.05) is 18.2 Å². The van der Waals surface area contributed by atoms with E-state index in [1.54, 1.807) is 7.11 Å². The standard InChI is InChI=1S/C19H22F2N2O2/c1-13(11-14-5-3-6-15(12-14)25-2)23-19(24)22-10-9-16-17(20)7-4-8-18(16)21/h3-8,12-13H,9-11H2,1-2H3,(H2,22,23,24). The minimum Gasteiger partial charge on any atom is -0.497 e. The second kappa shape index (κ2) is 9.01. The molecule has 0 heterocycles. The van der Waals surface area contributed by atoms with Gasteiger partial charge >= 0.3 is 6.03 Å². The quantitative estimate of drug-likeness (QED) is 0.805. The van der Waals surface area contributed by atoms with E-state index in [9.17, 15) is 13.6 Å². The van der Waals surface area contributed by atoms with E-state index in [2.05, 4.69) is 10.6 Å². The normalized spacial score (nSPS) is 11.7. The van der Waals surface area contributed by atoms with Gasteiger partial charge in [-0.25, -0.2) is 13.6 Å². The maximum absolute atomic E-state index is 13.5. The SMILES string of the molecule is COc1cccc(CC(C)NC(=O)NCCc2c(F)cccc2F)c1. The Hall–Kier alpha value is -2.63. The van der Waals surface area contributed by atoms with Crippen LogP contribution in [0.5, 0.6) is 5.75 Å². The molecule has 0 saturated heterocycles. The van der Waals surface area contributed by atoms with Gasteiger partial charge < -0.3 is 15.4 Å². The highest BCUT2D eigenvalue weighted by molar-refractivity contribution is 5.74. The topological polar surface area (TPSA) is 50.4 Å². The van der Waals surface area contributed by atoms with Gasteiger partial charge in [0.05, 0.1) is 7.11 Å². The van der Waals surface area contributed by atoms with Crippen LogP contribution in [0.1, 0.15) is 18.1 Å². The molecule has 1 atom stereocenters. The zero-order valence-corrected chi connectivity index (χ0v) is 14.3. The summed E-state index contributed by atoms with van der Waals surface area (Å²) in [7, 11) is 1.60. The number of halogens is 2. The number of rotatable bonds is 7. The highest BCUT2D eigenvalue weighted by Crippen LogP contribution is 2.14. The zero-order valence-electron chi connectivity index (χ0n) is 14.3. The maximum atomic E-state index is 13.5. The van der Waals surface area contributed by atoms with Crippen LogP contribution in [0, 0.1) is 11.6 Å². The molecular formula is C19H22F2N2O2. The third-order valence-electron chi connectivity index (χ3n) is 3.78. The first kappa shape index (κ1) is 18.7. The third-order valence-corrected chi connectivity index (χ3v) is 3.78. The average Bonchev–Trinajstić information content (AvgIpc) is 2.57. The summed E-state index contributed by atoms with van der Waals surface area (Å²) in [5, 5.41) is 5.42. The molecule has 0 bridgehead atoms. The first-order valence-electron chi connectivity index (χ1n) is 8.09. The number of amides is 2. The summed E-state index contributed by atoms with van der Waals surface area (Å²) < 4.78 is 32.2. The van der Waals surface area contributed by atoms with Gasteiger partial charge in [0.1, 0.15) is 17.4 Å². The van der Waals surface area contributed by atoms with Crippen LogP contribution in [-0.2, 0) is 12.8 Å². The Kier molecular flexibility index (Phi) is 6.74. The van der Waals surface area contributed by atoms with Gasteiger partial charge in [0.15, 0.2) is 0 Å². The molecule has 134 valence electrons. The highest BCUT2D eigenvalue weighted by Gasteiger charge is 2.11. The number of urea groups is 1. The van der Waals surface area contributed by atoms with E-state index >= 15 is 0 Å². The lowest BCUT2D eigenvalue weighted by molar-refractivity contribution is 0.238. The Bertz CT molecular complexity index is 702. The molecule has 0 aromatic heterocycles. The Morgan fingerprint density at radius 1 is 1.16 bits per heavy atom. The van der Waals surface area contributed by atoms with Crippen molar-refractivity contribution in [3.8, 4) is 5.75 Å². The minimum absolute atomic E-state index is 0.0211. The number of hydrogen-bond donors (Lipinski definition) is 2. The van der Waals surface area contributed by atoms with Gasteiger partial charge in [-0.05, 0) is 49.6 Å². The fraction of sp³-hybridized carbons (Fsp3) is 0.316. The number of hydrogen-bond acceptors (Lipinski definition) is 2. The third kappa shape index (κ3) is 5.74.